The lowest BCUT2D eigenvalue weighted by Gasteiger charge is -2.18. The largest absolute Gasteiger partial charge is 0.394 e. The number of aliphatic hydroxyl groups excluding tert-OH is 1. The monoisotopic (exact) mass is 402 g/mol. The number of fused-ring (bicyclic) bond motifs is 1. The Morgan fingerprint density at radius 3 is 2.47 bits per heavy atom. The quantitative estimate of drug-likeness (QED) is 0.611. The van der Waals surface area contributed by atoms with Crippen LogP contribution in [0.3, 0.4) is 0 Å². The fourth-order valence-electron chi connectivity index (χ4n) is 3.41. The second-order valence-electron chi connectivity index (χ2n) is 7.09. The van der Waals surface area contributed by atoms with Crippen molar-refractivity contribution in [1.29, 1.82) is 0 Å². The second kappa shape index (κ2) is 8.75. The molecular weight excluding hydrogens is 380 g/mol. The highest BCUT2D eigenvalue weighted by Gasteiger charge is 2.24. The van der Waals surface area contributed by atoms with Crippen molar-refractivity contribution >= 4 is 17.6 Å². The van der Waals surface area contributed by atoms with Gasteiger partial charge in [0.15, 0.2) is 0 Å². The average molecular weight is 402 g/mol. The maximum absolute atomic E-state index is 12.5. The fourth-order valence-corrected chi connectivity index (χ4v) is 3.41. The van der Waals surface area contributed by atoms with Crippen molar-refractivity contribution in [3.05, 3.63) is 95.3 Å². The van der Waals surface area contributed by atoms with Crippen molar-refractivity contribution in [3.63, 3.8) is 0 Å². The molecule has 3 N–H and O–H groups in total. The van der Waals surface area contributed by atoms with Crippen LogP contribution < -0.4 is 10.6 Å². The third-order valence-electron chi connectivity index (χ3n) is 5.06. The molecule has 0 saturated heterocycles. The SMILES string of the molecule is O=C(N[C@H](CO)c1ccccc1)c1ccc(NC(=O)N2Cc3cccnc3C2)cc1. The molecule has 2 aromatic carbocycles. The first-order valence-electron chi connectivity index (χ1n) is 9.69. The Morgan fingerprint density at radius 1 is 1.00 bits per heavy atom. The summed E-state index contributed by atoms with van der Waals surface area (Å²) in [4.78, 5) is 31.0. The molecule has 3 amide bonds. The Bertz CT molecular complexity index is 1010. The zero-order valence-electron chi connectivity index (χ0n) is 16.3. The van der Waals surface area contributed by atoms with Gasteiger partial charge in [0.2, 0.25) is 0 Å². The molecule has 152 valence electrons. The van der Waals surface area contributed by atoms with Crippen LogP contribution >= 0.6 is 0 Å². The van der Waals surface area contributed by atoms with Gasteiger partial charge in [-0.2, -0.15) is 0 Å². The van der Waals surface area contributed by atoms with Crippen LogP contribution in [-0.4, -0.2) is 33.5 Å². The van der Waals surface area contributed by atoms with E-state index in [2.05, 4.69) is 15.6 Å². The van der Waals surface area contributed by atoms with Crippen LogP contribution in [0.15, 0.2) is 72.9 Å². The summed E-state index contributed by atoms with van der Waals surface area (Å²) in [5, 5.41) is 15.3. The molecule has 2 heterocycles. The van der Waals surface area contributed by atoms with Crippen LogP contribution in [0.2, 0.25) is 0 Å². The van der Waals surface area contributed by atoms with Crippen LogP contribution in [0, 0.1) is 0 Å². The van der Waals surface area contributed by atoms with E-state index in [1.54, 1.807) is 35.4 Å². The number of aliphatic hydroxyl groups is 1. The van der Waals surface area contributed by atoms with Gasteiger partial charge in [-0.05, 0) is 41.5 Å². The number of aromatic nitrogens is 1. The second-order valence-corrected chi connectivity index (χ2v) is 7.09. The first-order chi connectivity index (χ1) is 14.6. The minimum Gasteiger partial charge on any atom is -0.394 e. The predicted molar refractivity (Wildman–Crippen MR) is 113 cm³/mol. The number of hydrogen-bond donors (Lipinski definition) is 3. The Balaban J connectivity index is 1.36. The van der Waals surface area contributed by atoms with E-state index in [1.807, 2.05) is 42.5 Å². The van der Waals surface area contributed by atoms with Crippen molar-refractivity contribution in [2.75, 3.05) is 11.9 Å². The van der Waals surface area contributed by atoms with E-state index in [4.69, 9.17) is 0 Å². The normalized spacial score (nSPS) is 13.4. The molecule has 0 aliphatic carbocycles. The van der Waals surface area contributed by atoms with Gasteiger partial charge >= 0.3 is 6.03 Å². The number of benzene rings is 2. The average Bonchev–Trinajstić information content (AvgIpc) is 3.23. The van der Waals surface area contributed by atoms with Crippen molar-refractivity contribution in [2.24, 2.45) is 0 Å². The summed E-state index contributed by atoms with van der Waals surface area (Å²) in [6.07, 6.45) is 1.73. The highest BCUT2D eigenvalue weighted by Crippen LogP contribution is 2.21. The predicted octanol–water partition coefficient (Wildman–Crippen LogP) is 3.09. The van der Waals surface area contributed by atoms with E-state index in [9.17, 15) is 14.7 Å². The fraction of sp³-hybridized carbons (Fsp3) is 0.174. The molecule has 0 unspecified atom stereocenters. The van der Waals surface area contributed by atoms with Crippen LogP contribution in [-0.2, 0) is 13.1 Å². The van der Waals surface area contributed by atoms with Crippen LogP contribution in [0.25, 0.3) is 0 Å². The zero-order chi connectivity index (χ0) is 20.9. The van der Waals surface area contributed by atoms with E-state index in [-0.39, 0.29) is 18.5 Å². The molecule has 0 radical (unpaired) electrons. The molecule has 0 fully saturated rings. The summed E-state index contributed by atoms with van der Waals surface area (Å²) in [6, 6.07) is 19.1. The minimum absolute atomic E-state index is 0.197. The third-order valence-corrected chi connectivity index (χ3v) is 5.06. The molecule has 1 atom stereocenters. The van der Waals surface area contributed by atoms with Crippen molar-refractivity contribution in [2.45, 2.75) is 19.1 Å². The van der Waals surface area contributed by atoms with Gasteiger partial charge in [-0.1, -0.05) is 36.4 Å². The number of pyridine rings is 1. The van der Waals surface area contributed by atoms with Crippen molar-refractivity contribution in [3.8, 4) is 0 Å². The minimum atomic E-state index is -0.483. The maximum Gasteiger partial charge on any atom is 0.322 e. The van der Waals surface area contributed by atoms with Gasteiger partial charge in [0.25, 0.3) is 5.91 Å². The smallest absolute Gasteiger partial charge is 0.322 e. The Hall–Kier alpha value is -3.71. The van der Waals surface area contributed by atoms with E-state index >= 15 is 0 Å². The number of nitrogens with zero attached hydrogens (tertiary/aromatic N) is 2. The van der Waals surface area contributed by atoms with Crippen LogP contribution in [0.4, 0.5) is 10.5 Å². The number of amides is 3. The first-order valence-corrected chi connectivity index (χ1v) is 9.69. The molecule has 4 rings (SSSR count). The molecular formula is C23H22N4O3. The van der Waals surface area contributed by atoms with Crippen LogP contribution in [0.1, 0.15) is 33.2 Å². The van der Waals surface area contributed by atoms with E-state index < -0.39 is 6.04 Å². The van der Waals surface area contributed by atoms with Gasteiger partial charge in [-0.25, -0.2) is 4.79 Å². The van der Waals surface area contributed by atoms with Crippen molar-refractivity contribution < 1.29 is 14.7 Å². The van der Waals surface area contributed by atoms with Gasteiger partial charge in [0.1, 0.15) is 0 Å². The van der Waals surface area contributed by atoms with Crippen LogP contribution in [0.5, 0.6) is 0 Å². The topological polar surface area (TPSA) is 94.6 Å². The summed E-state index contributed by atoms with van der Waals surface area (Å²) < 4.78 is 0. The lowest BCUT2D eigenvalue weighted by atomic mass is 10.1. The maximum atomic E-state index is 12.5. The molecule has 0 bridgehead atoms. The molecule has 7 nitrogen and oxygen atoms in total. The molecule has 3 aromatic rings. The number of rotatable bonds is 5. The summed E-state index contributed by atoms with van der Waals surface area (Å²) in [5.74, 6) is -0.295. The van der Waals surface area contributed by atoms with Crippen molar-refractivity contribution in [1.82, 2.24) is 15.2 Å². The lowest BCUT2D eigenvalue weighted by molar-refractivity contribution is 0.0916. The highest BCUT2D eigenvalue weighted by atomic mass is 16.3. The number of anilines is 1. The molecule has 1 aromatic heterocycles. The van der Waals surface area contributed by atoms with E-state index in [1.165, 1.54) is 0 Å². The molecule has 0 saturated carbocycles. The summed E-state index contributed by atoms with van der Waals surface area (Å²) >= 11 is 0. The van der Waals surface area contributed by atoms with E-state index in [0.717, 1.165) is 16.8 Å². The Labute approximate surface area is 174 Å². The standard InChI is InChI=1S/C23H22N4O3/c28-15-21(16-5-2-1-3-6-16)26-22(29)17-8-10-19(11-9-17)25-23(30)27-13-18-7-4-12-24-20(18)14-27/h1-12,21,28H,13-15H2,(H,25,30)(H,26,29)/t21-/m1/s1. The molecule has 7 heteroatoms. The number of urea groups is 1. The molecule has 1 aliphatic heterocycles. The Kier molecular flexibility index (Phi) is 5.72. The number of carbonyl (C=O) groups is 2. The molecule has 1 aliphatic rings. The van der Waals surface area contributed by atoms with E-state index in [0.29, 0.717) is 24.3 Å². The highest BCUT2D eigenvalue weighted by molar-refractivity contribution is 5.95. The van der Waals surface area contributed by atoms with Gasteiger partial charge in [-0.15, -0.1) is 0 Å². The van der Waals surface area contributed by atoms with Gasteiger partial charge in [0, 0.05) is 24.0 Å². The summed E-state index contributed by atoms with van der Waals surface area (Å²) in [7, 11) is 0. The third kappa shape index (κ3) is 4.31. The molecule has 0 spiro atoms. The van der Waals surface area contributed by atoms with Gasteiger partial charge < -0.3 is 20.6 Å². The Morgan fingerprint density at radius 2 is 1.77 bits per heavy atom. The summed E-state index contributed by atoms with van der Waals surface area (Å²) in [6.45, 7) is 0.805. The first kappa shape index (κ1) is 19.6. The molecule has 30 heavy (non-hydrogen) atoms. The zero-order valence-corrected chi connectivity index (χ0v) is 16.3. The van der Waals surface area contributed by atoms with Gasteiger partial charge in [0.05, 0.1) is 24.9 Å². The summed E-state index contributed by atoms with van der Waals surface area (Å²) in [5.41, 5.74) is 3.84. The lowest BCUT2D eigenvalue weighted by Crippen LogP contribution is -2.31. The number of hydrogen-bond acceptors (Lipinski definition) is 4. The van der Waals surface area contributed by atoms with Gasteiger partial charge in [-0.3, -0.25) is 9.78 Å². The number of carbonyl (C=O) groups excluding carboxylic acids is 2. The number of nitrogens with one attached hydrogen (secondary N) is 2.